The molecule has 0 saturated heterocycles. The van der Waals surface area contributed by atoms with Gasteiger partial charge in [-0.2, -0.15) is 5.26 Å². The Morgan fingerprint density at radius 3 is 2.89 bits per heavy atom. The molecule has 1 heterocycles. The maximum atomic E-state index is 12.1. The van der Waals surface area contributed by atoms with Crippen LogP contribution in [0.5, 0.6) is 0 Å². The van der Waals surface area contributed by atoms with Crippen molar-refractivity contribution in [2.45, 2.75) is 17.7 Å². The van der Waals surface area contributed by atoms with Crippen LogP contribution in [0.1, 0.15) is 17.5 Å². The molecule has 1 amide bonds. The molecule has 2 N–H and O–H groups in total. The second kappa shape index (κ2) is 9.16. The highest BCUT2D eigenvalue weighted by Crippen LogP contribution is 2.28. The third-order valence-electron chi connectivity index (χ3n) is 3.55. The largest absolute Gasteiger partial charge is 0.330 e. The van der Waals surface area contributed by atoms with Crippen molar-refractivity contribution in [3.05, 3.63) is 59.7 Å². The number of aromatic nitrogens is 2. The van der Waals surface area contributed by atoms with Crippen LogP contribution in [0.2, 0.25) is 0 Å². The number of nitrogens with one attached hydrogen (secondary N) is 2. The SMILES string of the molecule is Cc1cccc(Nc2nnc(SCCC(=O)Nc3ccccc3C#N)s2)c1. The lowest BCUT2D eigenvalue weighted by Crippen LogP contribution is -2.13. The van der Waals surface area contributed by atoms with Crippen LogP contribution in [0.15, 0.2) is 52.9 Å². The highest BCUT2D eigenvalue weighted by atomic mass is 32.2. The molecular weight excluding hydrogens is 378 g/mol. The van der Waals surface area contributed by atoms with E-state index < -0.39 is 0 Å². The molecule has 6 nitrogen and oxygen atoms in total. The lowest BCUT2D eigenvalue weighted by molar-refractivity contribution is -0.115. The fourth-order valence-corrected chi connectivity index (χ4v) is 4.08. The fraction of sp³-hybridized carbons (Fsp3) is 0.158. The normalized spacial score (nSPS) is 10.2. The van der Waals surface area contributed by atoms with Crippen LogP contribution in [0.4, 0.5) is 16.5 Å². The first kappa shape index (κ1) is 18.9. The van der Waals surface area contributed by atoms with Gasteiger partial charge in [-0.25, -0.2) is 0 Å². The van der Waals surface area contributed by atoms with E-state index in [-0.39, 0.29) is 5.91 Å². The second-order valence-corrected chi connectivity index (χ2v) is 7.99. The first-order valence-electron chi connectivity index (χ1n) is 8.23. The molecule has 2 aromatic carbocycles. The molecule has 0 saturated carbocycles. The van der Waals surface area contributed by atoms with Crippen LogP contribution in [-0.4, -0.2) is 21.9 Å². The van der Waals surface area contributed by atoms with Crippen molar-refractivity contribution >= 4 is 45.5 Å². The predicted octanol–water partition coefficient (Wildman–Crippen LogP) is 4.58. The number of carbonyl (C=O) groups excluding carboxylic acids is 1. The van der Waals surface area contributed by atoms with Gasteiger partial charge in [0.15, 0.2) is 4.34 Å². The topological polar surface area (TPSA) is 90.7 Å². The zero-order valence-corrected chi connectivity index (χ0v) is 16.2. The van der Waals surface area contributed by atoms with E-state index in [2.05, 4.69) is 26.9 Å². The van der Waals surface area contributed by atoms with E-state index in [9.17, 15) is 4.79 Å². The molecule has 3 rings (SSSR count). The predicted molar refractivity (Wildman–Crippen MR) is 109 cm³/mol. The van der Waals surface area contributed by atoms with E-state index in [1.165, 1.54) is 28.7 Å². The second-order valence-electron chi connectivity index (χ2n) is 5.67. The molecule has 0 aliphatic rings. The summed E-state index contributed by atoms with van der Waals surface area (Å²) in [6.45, 7) is 2.03. The summed E-state index contributed by atoms with van der Waals surface area (Å²) in [6.07, 6.45) is 0.324. The van der Waals surface area contributed by atoms with Gasteiger partial charge in [0.1, 0.15) is 6.07 Å². The lowest BCUT2D eigenvalue weighted by Gasteiger charge is -2.05. The van der Waals surface area contributed by atoms with Gasteiger partial charge >= 0.3 is 0 Å². The highest BCUT2D eigenvalue weighted by molar-refractivity contribution is 8.01. The Kier molecular flexibility index (Phi) is 6.41. The summed E-state index contributed by atoms with van der Waals surface area (Å²) in [6, 6.07) is 17.0. The number of thioether (sulfide) groups is 1. The number of rotatable bonds is 7. The summed E-state index contributed by atoms with van der Waals surface area (Å²) >= 11 is 2.93. The first-order chi connectivity index (χ1) is 13.1. The molecule has 136 valence electrons. The molecule has 1 aromatic heterocycles. The molecule has 8 heteroatoms. The van der Waals surface area contributed by atoms with Crippen LogP contribution >= 0.6 is 23.1 Å². The van der Waals surface area contributed by atoms with Crippen molar-refractivity contribution in [2.75, 3.05) is 16.4 Å². The first-order valence-corrected chi connectivity index (χ1v) is 10.0. The minimum atomic E-state index is -0.132. The number of hydrogen-bond donors (Lipinski definition) is 2. The van der Waals surface area contributed by atoms with Crippen LogP contribution < -0.4 is 10.6 Å². The van der Waals surface area contributed by atoms with Gasteiger partial charge in [0.2, 0.25) is 11.0 Å². The van der Waals surface area contributed by atoms with Crippen LogP contribution in [0.3, 0.4) is 0 Å². The number of nitrogens with zero attached hydrogens (tertiary/aromatic N) is 3. The Morgan fingerprint density at radius 2 is 2.07 bits per heavy atom. The summed E-state index contributed by atoms with van der Waals surface area (Å²) in [5.74, 6) is 0.451. The molecule has 27 heavy (non-hydrogen) atoms. The highest BCUT2D eigenvalue weighted by Gasteiger charge is 2.09. The average Bonchev–Trinajstić information content (AvgIpc) is 3.09. The van der Waals surface area contributed by atoms with E-state index in [1.54, 1.807) is 24.3 Å². The number of anilines is 3. The van der Waals surface area contributed by atoms with Crippen molar-refractivity contribution in [1.29, 1.82) is 5.26 Å². The van der Waals surface area contributed by atoms with E-state index in [0.717, 1.165) is 15.2 Å². The quantitative estimate of drug-likeness (QED) is 0.569. The summed E-state index contributed by atoms with van der Waals surface area (Å²) in [5.41, 5.74) is 3.13. The molecule has 0 bridgehead atoms. The van der Waals surface area contributed by atoms with Crippen LogP contribution in [-0.2, 0) is 4.79 Å². The maximum absolute atomic E-state index is 12.1. The molecule has 0 fully saturated rings. The van der Waals surface area contributed by atoms with Gasteiger partial charge < -0.3 is 10.6 Å². The number of nitriles is 1. The van der Waals surface area contributed by atoms with Gasteiger partial charge in [-0.3, -0.25) is 4.79 Å². The van der Waals surface area contributed by atoms with Crippen molar-refractivity contribution in [2.24, 2.45) is 0 Å². The summed E-state index contributed by atoms with van der Waals surface area (Å²) < 4.78 is 0.801. The zero-order valence-electron chi connectivity index (χ0n) is 14.6. The Bertz CT molecular complexity index is 980. The smallest absolute Gasteiger partial charge is 0.225 e. The van der Waals surface area contributed by atoms with Gasteiger partial charge in [0, 0.05) is 17.9 Å². The lowest BCUT2D eigenvalue weighted by atomic mass is 10.2. The van der Waals surface area contributed by atoms with Crippen molar-refractivity contribution in [3.63, 3.8) is 0 Å². The monoisotopic (exact) mass is 395 g/mol. The molecular formula is C19H17N5OS2. The van der Waals surface area contributed by atoms with Gasteiger partial charge in [-0.05, 0) is 36.8 Å². The van der Waals surface area contributed by atoms with Crippen LogP contribution in [0, 0.1) is 18.3 Å². The number of amides is 1. The van der Waals surface area contributed by atoms with Crippen LogP contribution in [0.25, 0.3) is 0 Å². The summed E-state index contributed by atoms with van der Waals surface area (Å²) in [5, 5.41) is 24.0. The minimum absolute atomic E-state index is 0.132. The standard InChI is InChI=1S/C19H17N5OS2/c1-13-5-4-7-15(11-13)21-18-23-24-19(27-18)26-10-9-17(25)22-16-8-3-2-6-14(16)12-20/h2-8,11H,9-10H2,1H3,(H,21,23)(H,22,25). The maximum Gasteiger partial charge on any atom is 0.225 e. The van der Waals surface area contributed by atoms with Gasteiger partial charge in [0.25, 0.3) is 0 Å². The van der Waals surface area contributed by atoms with Crippen molar-refractivity contribution in [3.8, 4) is 6.07 Å². The molecule has 3 aromatic rings. The van der Waals surface area contributed by atoms with E-state index in [1.807, 2.05) is 31.2 Å². The number of para-hydroxylation sites is 1. The third kappa shape index (κ3) is 5.54. The minimum Gasteiger partial charge on any atom is -0.330 e. The number of hydrogen-bond acceptors (Lipinski definition) is 7. The number of aryl methyl sites for hydroxylation is 1. The Morgan fingerprint density at radius 1 is 1.22 bits per heavy atom. The molecule has 0 aliphatic heterocycles. The molecule has 0 spiro atoms. The van der Waals surface area contributed by atoms with Gasteiger partial charge in [0.05, 0.1) is 11.3 Å². The van der Waals surface area contributed by atoms with Gasteiger partial charge in [-0.15, -0.1) is 10.2 Å². The van der Waals surface area contributed by atoms with Gasteiger partial charge in [-0.1, -0.05) is 47.4 Å². The number of carbonyl (C=O) groups is 1. The summed E-state index contributed by atoms with van der Waals surface area (Å²) in [4.78, 5) is 12.1. The molecule has 0 unspecified atom stereocenters. The Labute approximate surface area is 165 Å². The van der Waals surface area contributed by atoms with Crippen molar-refractivity contribution < 1.29 is 4.79 Å². The fourth-order valence-electron chi connectivity index (χ4n) is 2.30. The summed E-state index contributed by atoms with van der Waals surface area (Å²) in [7, 11) is 0. The molecule has 0 aliphatic carbocycles. The Balaban J connectivity index is 1.47. The van der Waals surface area contributed by atoms with E-state index in [0.29, 0.717) is 23.4 Å². The number of benzene rings is 2. The average molecular weight is 396 g/mol. The van der Waals surface area contributed by atoms with Crippen molar-refractivity contribution in [1.82, 2.24) is 10.2 Å². The van der Waals surface area contributed by atoms with E-state index in [4.69, 9.17) is 5.26 Å². The molecule has 0 atom stereocenters. The third-order valence-corrected chi connectivity index (χ3v) is 5.53. The Hall–Kier alpha value is -2.89. The zero-order chi connectivity index (χ0) is 19.1. The molecule has 0 radical (unpaired) electrons. The van der Waals surface area contributed by atoms with E-state index >= 15 is 0 Å².